The van der Waals surface area contributed by atoms with Gasteiger partial charge in [0.05, 0.1) is 0 Å². The molecule has 1 unspecified atom stereocenters. The highest BCUT2D eigenvalue weighted by Crippen LogP contribution is 2.64. The Morgan fingerprint density at radius 1 is 0.913 bits per heavy atom. The van der Waals surface area contributed by atoms with Crippen molar-refractivity contribution in [2.45, 2.75) is 83.0 Å². The van der Waals surface area contributed by atoms with Crippen LogP contribution < -0.4 is 0 Å². The fourth-order valence-corrected chi connectivity index (χ4v) is 6.94. The number of rotatable bonds is 15. The minimum Gasteiger partial charge on any atom is -0.344 e. The molecule has 5 nitrogen and oxygen atoms in total. The minimum atomic E-state index is -4.56. The Morgan fingerprint density at radius 3 is 1.91 bits per heavy atom. The van der Waals surface area contributed by atoms with Crippen molar-refractivity contribution in [1.82, 2.24) is 0 Å². The third-order valence-corrected chi connectivity index (χ3v) is 9.22. The highest BCUT2D eigenvalue weighted by atomic mass is 31.2. The second-order valence-corrected chi connectivity index (χ2v) is 11.0. The molecule has 0 radical (unpaired) electrons. The lowest BCUT2D eigenvalue weighted by atomic mass is 10.1. The zero-order chi connectivity index (χ0) is 17.8. The predicted octanol–water partition coefficient (Wildman–Crippen LogP) is 5.26. The van der Waals surface area contributed by atoms with Gasteiger partial charge >= 0.3 is 7.60 Å². The normalized spacial score (nSPS) is 16.0. The summed E-state index contributed by atoms with van der Waals surface area (Å²) in [5.74, 6) is 0. The third kappa shape index (κ3) is 11.3. The zero-order valence-corrected chi connectivity index (χ0v) is 16.2. The van der Waals surface area contributed by atoms with Crippen LogP contribution >= 0.6 is 15.0 Å². The van der Waals surface area contributed by atoms with Crippen molar-refractivity contribution in [2.24, 2.45) is 0 Å². The van der Waals surface area contributed by atoms with Gasteiger partial charge in [-0.1, -0.05) is 64.4 Å². The number of hydrogen-bond donors (Lipinski definition) is 3. The SMILES string of the molecule is C=CCCCP(=O)(O)[C@H](CCCCCCCCCC)P(=O)(O)O. The van der Waals surface area contributed by atoms with E-state index in [0.717, 1.165) is 19.3 Å². The van der Waals surface area contributed by atoms with Crippen LogP contribution in [0.1, 0.15) is 77.6 Å². The smallest absolute Gasteiger partial charge is 0.338 e. The molecular weight excluding hydrogens is 334 g/mol. The molecule has 0 aromatic rings. The van der Waals surface area contributed by atoms with E-state index >= 15 is 0 Å². The molecule has 0 amide bonds. The summed E-state index contributed by atoms with van der Waals surface area (Å²) >= 11 is 0. The molecule has 0 rings (SSSR count). The summed E-state index contributed by atoms with van der Waals surface area (Å²) < 4.78 is 23.9. The van der Waals surface area contributed by atoms with E-state index in [4.69, 9.17) is 0 Å². The van der Waals surface area contributed by atoms with Gasteiger partial charge in [0, 0.05) is 6.16 Å². The number of unbranched alkanes of at least 4 members (excludes halogenated alkanes) is 8. The van der Waals surface area contributed by atoms with Crippen LogP contribution in [0.15, 0.2) is 12.7 Å². The van der Waals surface area contributed by atoms with Crippen LogP contribution in [-0.2, 0) is 9.13 Å². The second-order valence-electron chi connectivity index (χ2n) is 6.24. The molecule has 0 aliphatic rings. The first-order valence-electron chi connectivity index (χ1n) is 8.73. The Labute approximate surface area is 141 Å². The third-order valence-electron chi connectivity index (χ3n) is 4.06. The lowest BCUT2D eigenvalue weighted by Crippen LogP contribution is -2.12. The first-order valence-corrected chi connectivity index (χ1v) is 12.3. The Hall–Kier alpha value is 0.0800. The summed E-state index contributed by atoms with van der Waals surface area (Å²) in [6, 6.07) is 0. The van der Waals surface area contributed by atoms with E-state index in [1.165, 1.54) is 25.7 Å². The first-order chi connectivity index (χ1) is 10.8. The maximum atomic E-state index is 12.3. The van der Waals surface area contributed by atoms with Gasteiger partial charge in [0.15, 0.2) is 0 Å². The lowest BCUT2D eigenvalue weighted by molar-refractivity contribution is 0.358. The van der Waals surface area contributed by atoms with Crippen LogP contribution in [0, 0.1) is 0 Å². The van der Waals surface area contributed by atoms with E-state index < -0.39 is 20.4 Å². The first kappa shape index (κ1) is 23.1. The molecule has 0 aromatic carbocycles. The summed E-state index contributed by atoms with van der Waals surface area (Å²) in [5, 5.41) is -1.40. The van der Waals surface area contributed by atoms with Gasteiger partial charge in [0.2, 0.25) is 7.37 Å². The van der Waals surface area contributed by atoms with Crippen LogP contribution in [-0.4, -0.2) is 26.2 Å². The Bertz CT molecular complexity index is 405. The zero-order valence-electron chi connectivity index (χ0n) is 14.4. The highest BCUT2D eigenvalue weighted by Gasteiger charge is 2.42. The van der Waals surface area contributed by atoms with Gasteiger partial charge in [0.1, 0.15) is 5.40 Å². The molecule has 0 saturated heterocycles. The molecule has 0 bridgehead atoms. The molecule has 138 valence electrons. The van der Waals surface area contributed by atoms with Gasteiger partial charge in [-0.15, -0.1) is 6.58 Å². The van der Waals surface area contributed by atoms with Crippen molar-refractivity contribution >= 4 is 15.0 Å². The van der Waals surface area contributed by atoms with Gasteiger partial charge in [0.25, 0.3) is 0 Å². The average molecular weight is 368 g/mol. The van der Waals surface area contributed by atoms with Crippen molar-refractivity contribution in [2.75, 3.05) is 6.16 Å². The van der Waals surface area contributed by atoms with Crippen molar-refractivity contribution in [3.05, 3.63) is 12.7 Å². The van der Waals surface area contributed by atoms with Gasteiger partial charge in [-0.3, -0.25) is 9.13 Å². The van der Waals surface area contributed by atoms with Crippen molar-refractivity contribution in [3.63, 3.8) is 0 Å². The van der Waals surface area contributed by atoms with Gasteiger partial charge in [-0.25, -0.2) is 0 Å². The summed E-state index contributed by atoms with van der Waals surface area (Å²) in [6.07, 6.45) is 11.2. The van der Waals surface area contributed by atoms with E-state index in [1.807, 2.05) is 0 Å². The molecule has 0 fully saturated rings. The second kappa shape index (κ2) is 12.4. The number of hydrogen-bond acceptors (Lipinski definition) is 2. The Kier molecular flexibility index (Phi) is 12.5. The molecule has 7 heteroatoms. The summed E-state index contributed by atoms with van der Waals surface area (Å²) in [6.45, 7) is 5.72. The predicted molar refractivity (Wildman–Crippen MR) is 97.2 cm³/mol. The molecule has 0 heterocycles. The quantitative estimate of drug-likeness (QED) is 0.208. The van der Waals surface area contributed by atoms with Crippen LogP contribution in [0.5, 0.6) is 0 Å². The van der Waals surface area contributed by atoms with Gasteiger partial charge in [-0.05, 0) is 19.3 Å². The summed E-state index contributed by atoms with van der Waals surface area (Å²) in [4.78, 5) is 28.9. The fourth-order valence-electron chi connectivity index (χ4n) is 2.68. The summed E-state index contributed by atoms with van der Waals surface area (Å²) in [5.41, 5.74) is 0. The fraction of sp³-hybridized carbons (Fsp3) is 0.875. The van der Waals surface area contributed by atoms with E-state index in [9.17, 15) is 23.8 Å². The van der Waals surface area contributed by atoms with Crippen LogP contribution in [0.25, 0.3) is 0 Å². The lowest BCUT2D eigenvalue weighted by Gasteiger charge is -2.24. The highest BCUT2D eigenvalue weighted by molar-refractivity contribution is 7.73. The topological polar surface area (TPSA) is 94.8 Å². The van der Waals surface area contributed by atoms with Crippen molar-refractivity contribution in [3.8, 4) is 0 Å². The Morgan fingerprint density at radius 2 is 1.43 bits per heavy atom. The largest absolute Gasteiger partial charge is 0.344 e. The van der Waals surface area contributed by atoms with E-state index in [1.54, 1.807) is 6.08 Å². The van der Waals surface area contributed by atoms with Crippen LogP contribution in [0.3, 0.4) is 0 Å². The molecule has 0 aromatic heterocycles. The van der Waals surface area contributed by atoms with E-state index in [2.05, 4.69) is 13.5 Å². The molecule has 0 aliphatic heterocycles. The number of allylic oxidation sites excluding steroid dienone is 1. The standard InChI is InChI=1S/C16H34O5P2/c1-3-5-7-8-9-10-11-12-14-16(23(19,20)21)22(17,18)15-13-6-4-2/h4,16H,2-3,5-15H2,1H3,(H,17,18)(H2,19,20,21)/t16-/m0/s1. The van der Waals surface area contributed by atoms with Gasteiger partial charge in [-0.2, -0.15) is 0 Å². The van der Waals surface area contributed by atoms with E-state index in [-0.39, 0.29) is 12.6 Å². The minimum absolute atomic E-state index is 0.0498. The molecule has 23 heavy (non-hydrogen) atoms. The molecular formula is C16H34O5P2. The van der Waals surface area contributed by atoms with Crippen molar-refractivity contribution < 1.29 is 23.8 Å². The average Bonchev–Trinajstić information content (AvgIpc) is 2.44. The monoisotopic (exact) mass is 368 g/mol. The molecule has 0 aliphatic carbocycles. The molecule has 2 atom stereocenters. The molecule has 3 N–H and O–H groups in total. The van der Waals surface area contributed by atoms with Gasteiger partial charge < -0.3 is 14.7 Å². The van der Waals surface area contributed by atoms with Crippen LogP contribution in [0.2, 0.25) is 0 Å². The molecule has 0 spiro atoms. The maximum Gasteiger partial charge on any atom is 0.338 e. The maximum absolute atomic E-state index is 12.3. The van der Waals surface area contributed by atoms with Crippen molar-refractivity contribution in [1.29, 1.82) is 0 Å². The Balaban J connectivity index is 4.24. The molecule has 0 saturated carbocycles. The summed E-state index contributed by atoms with van der Waals surface area (Å²) in [7, 11) is -8.39. The van der Waals surface area contributed by atoms with E-state index in [0.29, 0.717) is 19.3 Å². The van der Waals surface area contributed by atoms with Crippen LogP contribution in [0.4, 0.5) is 0 Å².